The summed E-state index contributed by atoms with van der Waals surface area (Å²) in [5.74, 6) is 2.50. The fourth-order valence-corrected chi connectivity index (χ4v) is 4.59. The Morgan fingerprint density at radius 1 is 1.26 bits per heavy atom. The van der Waals surface area contributed by atoms with Crippen LogP contribution in [0.2, 0.25) is 5.02 Å². The highest BCUT2D eigenvalue weighted by Crippen LogP contribution is 2.69. The number of halogens is 2. The molecular weight excluding hydrogens is 265 g/mol. The monoisotopic (exact) mass is 279 g/mol. The van der Waals surface area contributed by atoms with Crippen molar-refractivity contribution < 1.29 is 9.18 Å². The lowest BCUT2D eigenvalue weighted by Crippen LogP contribution is -2.18. The summed E-state index contributed by atoms with van der Waals surface area (Å²) in [5.41, 5.74) is 0.504. The van der Waals surface area contributed by atoms with Crippen LogP contribution in [0.4, 0.5) is 10.1 Å². The molecule has 4 heteroatoms. The summed E-state index contributed by atoms with van der Waals surface area (Å²) in [6.45, 7) is 0. The Labute approximate surface area is 116 Å². The second kappa shape index (κ2) is 3.95. The number of benzene rings is 1. The highest BCUT2D eigenvalue weighted by Gasteiger charge is 2.67. The van der Waals surface area contributed by atoms with Crippen molar-refractivity contribution in [1.29, 1.82) is 0 Å². The molecule has 3 fully saturated rings. The van der Waals surface area contributed by atoms with Gasteiger partial charge in [0.25, 0.3) is 0 Å². The zero-order valence-corrected chi connectivity index (χ0v) is 11.2. The first-order valence-electron chi connectivity index (χ1n) is 6.91. The van der Waals surface area contributed by atoms with Gasteiger partial charge in [0.05, 0.1) is 5.02 Å². The van der Waals surface area contributed by atoms with E-state index in [9.17, 15) is 9.18 Å². The highest BCUT2D eigenvalue weighted by atomic mass is 35.5. The molecule has 1 aromatic carbocycles. The number of carbonyl (C=O) groups excluding carboxylic acids is 1. The van der Waals surface area contributed by atoms with Crippen LogP contribution in [0.5, 0.6) is 0 Å². The van der Waals surface area contributed by atoms with E-state index in [1.165, 1.54) is 31.4 Å². The molecular formula is C15H15ClFNO. The number of rotatable bonds is 2. The Hall–Kier alpha value is -1.09. The van der Waals surface area contributed by atoms with E-state index >= 15 is 0 Å². The molecule has 4 rings (SSSR count). The topological polar surface area (TPSA) is 29.1 Å². The first-order valence-corrected chi connectivity index (χ1v) is 7.29. The van der Waals surface area contributed by atoms with E-state index in [4.69, 9.17) is 11.6 Å². The van der Waals surface area contributed by atoms with Gasteiger partial charge in [0, 0.05) is 11.6 Å². The zero-order valence-electron chi connectivity index (χ0n) is 10.4. The predicted molar refractivity (Wildman–Crippen MR) is 71.3 cm³/mol. The van der Waals surface area contributed by atoms with Crippen LogP contribution in [-0.4, -0.2) is 5.91 Å². The maximum Gasteiger partial charge on any atom is 0.228 e. The zero-order chi connectivity index (χ0) is 13.1. The second-order valence-corrected chi connectivity index (χ2v) is 6.54. The van der Waals surface area contributed by atoms with Gasteiger partial charge in [-0.15, -0.1) is 0 Å². The lowest BCUT2D eigenvalue weighted by Gasteiger charge is -2.10. The van der Waals surface area contributed by atoms with Crippen LogP contribution in [0.1, 0.15) is 19.3 Å². The highest BCUT2D eigenvalue weighted by molar-refractivity contribution is 6.30. The predicted octanol–water partition coefficient (Wildman–Crippen LogP) is 3.71. The molecule has 2 bridgehead atoms. The first kappa shape index (κ1) is 11.7. The Kier molecular flexibility index (Phi) is 2.44. The van der Waals surface area contributed by atoms with Crippen molar-refractivity contribution in [2.45, 2.75) is 19.3 Å². The molecule has 0 saturated heterocycles. The summed E-state index contributed by atoms with van der Waals surface area (Å²) in [4.78, 5) is 12.2. The molecule has 3 aliphatic rings. The van der Waals surface area contributed by atoms with E-state index in [2.05, 4.69) is 5.32 Å². The quantitative estimate of drug-likeness (QED) is 0.878. The molecule has 1 N–H and O–H groups in total. The summed E-state index contributed by atoms with van der Waals surface area (Å²) in [7, 11) is 0. The SMILES string of the molecule is O=C(Nc1ccc(Cl)c(F)c1)C1[C@@H]2[C@H]3CC[C@H](C3)[C@H]12. The van der Waals surface area contributed by atoms with Gasteiger partial charge in [-0.25, -0.2) is 4.39 Å². The average Bonchev–Trinajstić information content (AvgIpc) is 2.83. The fourth-order valence-electron chi connectivity index (χ4n) is 4.48. The lowest BCUT2D eigenvalue weighted by molar-refractivity contribution is -0.118. The van der Waals surface area contributed by atoms with Crippen LogP contribution < -0.4 is 5.32 Å². The Morgan fingerprint density at radius 3 is 2.58 bits per heavy atom. The van der Waals surface area contributed by atoms with Crippen LogP contribution in [0.25, 0.3) is 0 Å². The average molecular weight is 280 g/mol. The molecule has 1 unspecified atom stereocenters. The molecule has 5 atom stereocenters. The van der Waals surface area contributed by atoms with E-state index in [1.54, 1.807) is 6.07 Å². The number of amides is 1. The number of anilines is 1. The van der Waals surface area contributed by atoms with Crippen molar-refractivity contribution in [2.75, 3.05) is 5.32 Å². The molecule has 1 amide bonds. The normalized spacial score (nSPS) is 38.1. The summed E-state index contributed by atoms with van der Waals surface area (Å²) < 4.78 is 13.3. The minimum absolute atomic E-state index is 0.0633. The second-order valence-electron chi connectivity index (χ2n) is 6.13. The standard InChI is InChI=1S/C15H15ClFNO/c16-10-4-3-9(6-11(10)17)18-15(19)14-12-7-1-2-8(5-7)13(12)14/h3-4,6-8,12-14H,1-2,5H2,(H,18,19)/t7-,8+,12+,13-,14?. The minimum atomic E-state index is -0.490. The summed E-state index contributed by atoms with van der Waals surface area (Å²) in [5, 5.41) is 2.91. The van der Waals surface area contributed by atoms with Gasteiger partial charge in [0.2, 0.25) is 5.91 Å². The van der Waals surface area contributed by atoms with Crippen LogP contribution in [0, 0.1) is 35.4 Å². The maximum absolute atomic E-state index is 13.3. The number of fused-ring (bicyclic) bond motifs is 5. The largest absolute Gasteiger partial charge is 0.326 e. The van der Waals surface area contributed by atoms with Crippen molar-refractivity contribution in [3.05, 3.63) is 29.0 Å². The Bertz CT molecular complexity index is 545. The third-order valence-electron chi connectivity index (χ3n) is 5.23. The molecule has 0 spiro atoms. The van der Waals surface area contributed by atoms with Crippen LogP contribution in [-0.2, 0) is 4.79 Å². The van der Waals surface area contributed by atoms with E-state index in [1.807, 2.05) is 0 Å². The van der Waals surface area contributed by atoms with Gasteiger partial charge in [-0.1, -0.05) is 11.6 Å². The van der Waals surface area contributed by atoms with Crippen molar-refractivity contribution in [1.82, 2.24) is 0 Å². The number of hydrogen-bond acceptors (Lipinski definition) is 1. The molecule has 0 heterocycles. The van der Waals surface area contributed by atoms with Gasteiger partial charge in [-0.05, 0) is 61.1 Å². The minimum Gasteiger partial charge on any atom is -0.326 e. The molecule has 0 aromatic heterocycles. The van der Waals surface area contributed by atoms with E-state index in [0.717, 1.165) is 11.8 Å². The Morgan fingerprint density at radius 2 is 1.95 bits per heavy atom. The maximum atomic E-state index is 13.3. The van der Waals surface area contributed by atoms with Gasteiger partial charge < -0.3 is 5.32 Å². The van der Waals surface area contributed by atoms with Gasteiger partial charge in [0.15, 0.2) is 0 Å². The number of hydrogen-bond donors (Lipinski definition) is 1. The molecule has 3 aliphatic carbocycles. The smallest absolute Gasteiger partial charge is 0.228 e. The van der Waals surface area contributed by atoms with Crippen molar-refractivity contribution in [3.8, 4) is 0 Å². The van der Waals surface area contributed by atoms with Gasteiger partial charge >= 0.3 is 0 Å². The number of carbonyl (C=O) groups is 1. The van der Waals surface area contributed by atoms with Gasteiger partial charge in [0.1, 0.15) is 5.82 Å². The fraction of sp³-hybridized carbons (Fsp3) is 0.533. The van der Waals surface area contributed by atoms with Gasteiger partial charge in [-0.3, -0.25) is 4.79 Å². The van der Waals surface area contributed by atoms with E-state index < -0.39 is 5.82 Å². The van der Waals surface area contributed by atoms with Crippen molar-refractivity contribution >= 4 is 23.2 Å². The third-order valence-corrected chi connectivity index (χ3v) is 5.53. The Balaban J connectivity index is 1.47. The summed E-state index contributed by atoms with van der Waals surface area (Å²) in [6.07, 6.45) is 3.92. The molecule has 2 nitrogen and oxygen atoms in total. The van der Waals surface area contributed by atoms with Crippen LogP contribution >= 0.6 is 11.6 Å². The molecule has 1 aromatic rings. The van der Waals surface area contributed by atoms with E-state index in [0.29, 0.717) is 17.5 Å². The molecule has 19 heavy (non-hydrogen) atoms. The number of nitrogens with one attached hydrogen (secondary N) is 1. The third kappa shape index (κ3) is 1.71. The molecule has 0 aliphatic heterocycles. The summed E-state index contributed by atoms with van der Waals surface area (Å²) >= 11 is 5.63. The van der Waals surface area contributed by atoms with E-state index in [-0.39, 0.29) is 16.8 Å². The van der Waals surface area contributed by atoms with Crippen LogP contribution in [0.3, 0.4) is 0 Å². The lowest BCUT2D eigenvalue weighted by atomic mass is 10.0. The van der Waals surface area contributed by atoms with Crippen molar-refractivity contribution in [2.24, 2.45) is 29.6 Å². The van der Waals surface area contributed by atoms with Gasteiger partial charge in [-0.2, -0.15) is 0 Å². The molecule has 3 saturated carbocycles. The molecule has 0 radical (unpaired) electrons. The first-order chi connectivity index (χ1) is 9.15. The van der Waals surface area contributed by atoms with Crippen molar-refractivity contribution in [3.63, 3.8) is 0 Å². The van der Waals surface area contributed by atoms with Crippen LogP contribution in [0.15, 0.2) is 18.2 Å². The molecule has 100 valence electrons. The summed E-state index contributed by atoms with van der Waals surface area (Å²) in [6, 6.07) is 4.41.